The van der Waals surface area contributed by atoms with Gasteiger partial charge in [-0.3, -0.25) is 4.72 Å². The molecule has 5 nitrogen and oxygen atoms in total. The maximum Gasteiger partial charge on any atom is 0.271 e. The van der Waals surface area contributed by atoms with E-state index in [0.29, 0.717) is 11.3 Å². The molecule has 1 N–H and O–H groups in total. The van der Waals surface area contributed by atoms with E-state index in [1.807, 2.05) is 0 Å². The SMILES string of the molecule is O=S1(=O)Cc2ccc(NS(=O)(=O)c3ccc(Br)s3)cc2C1. The molecule has 0 atom stereocenters. The van der Waals surface area contributed by atoms with Crippen LogP contribution in [0.25, 0.3) is 0 Å². The van der Waals surface area contributed by atoms with E-state index in [1.165, 1.54) is 6.07 Å². The lowest BCUT2D eigenvalue weighted by Crippen LogP contribution is -2.11. The summed E-state index contributed by atoms with van der Waals surface area (Å²) in [7, 11) is -6.75. The predicted molar refractivity (Wildman–Crippen MR) is 85.6 cm³/mol. The minimum absolute atomic E-state index is 0.0211. The number of hydrogen-bond acceptors (Lipinski definition) is 5. The molecule has 1 aliphatic heterocycles. The van der Waals surface area contributed by atoms with Gasteiger partial charge >= 0.3 is 0 Å². The molecule has 9 heteroatoms. The molecule has 0 spiro atoms. The number of anilines is 1. The van der Waals surface area contributed by atoms with Crippen LogP contribution in [0.3, 0.4) is 0 Å². The molecular weight excluding hydrogens is 398 g/mol. The van der Waals surface area contributed by atoms with Crippen LogP contribution in [0.1, 0.15) is 11.1 Å². The monoisotopic (exact) mass is 407 g/mol. The van der Waals surface area contributed by atoms with Crippen molar-refractivity contribution in [1.82, 2.24) is 0 Å². The van der Waals surface area contributed by atoms with Gasteiger partial charge in [0.15, 0.2) is 9.84 Å². The second-order valence-corrected chi connectivity index (χ2v) is 11.1. The zero-order valence-electron chi connectivity index (χ0n) is 10.5. The van der Waals surface area contributed by atoms with Crippen molar-refractivity contribution in [2.45, 2.75) is 15.7 Å². The average Bonchev–Trinajstić information content (AvgIpc) is 2.90. The summed E-state index contributed by atoms with van der Waals surface area (Å²) in [5.41, 5.74) is 1.76. The third-order valence-electron chi connectivity index (χ3n) is 3.02. The van der Waals surface area contributed by atoms with E-state index in [4.69, 9.17) is 0 Å². The van der Waals surface area contributed by atoms with Crippen molar-refractivity contribution in [2.75, 3.05) is 4.72 Å². The van der Waals surface area contributed by atoms with E-state index >= 15 is 0 Å². The van der Waals surface area contributed by atoms with E-state index in [0.717, 1.165) is 20.7 Å². The minimum Gasteiger partial charge on any atom is -0.279 e. The molecule has 0 unspecified atom stereocenters. The van der Waals surface area contributed by atoms with Gasteiger partial charge in [0.05, 0.1) is 15.3 Å². The normalized spacial score (nSPS) is 16.6. The van der Waals surface area contributed by atoms with Gasteiger partial charge in [0, 0.05) is 5.69 Å². The predicted octanol–water partition coefficient (Wildman–Crippen LogP) is 2.74. The molecule has 0 fully saturated rings. The maximum absolute atomic E-state index is 12.2. The minimum atomic E-state index is -3.65. The van der Waals surface area contributed by atoms with Crippen molar-refractivity contribution in [1.29, 1.82) is 0 Å². The number of rotatable bonds is 3. The Bertz CT molecular complexity index is 916. The van der Waals surface area contributed by atoms with Crippen LogP contribution in [-0.4, -0.2) is 16.8 Å². The van der Waals surface area contributed by atoms with Crippen LogP contribution in [0.4, 0.5) is 5.69 Å². The number of halogens is 1. The van der Waals surface area contributed by atoms with Crippen LogP contribution in [0.2, 0.25) is 0 Å². The molecule has 1 aliphatic rings. The Hall–Kier alpha value is -0.900. The van der Waals surface area contributed by atoms with Gasteiger partial charge in [0.25, 0.3) is 10.0 Å². The summed E-state index contributed by atoms with van der Waals surface area (Å²) in [6, 6.07) is 7.99. The molecule has 2 heterocycles. The second-order valence-electron chi connectivity index (χ2n) is 4.68. The highest BCUT2D eigenvalue weighted by Crippen LogP contribution is 2.30. The lowest BCUT2D eigenvalue weighted by atomic mass is 10.1. The molecule has 1 aromatic heterocycles. The number of sulfone groups is 1. The Kier molecular flexibility index (Phi) is 3.63. The van der Waals surface area contributed by atoms with Gasteiger partial charge in [-0.1, -0.05) is 6.07 Å². The zero-order valence-corrected chi connectivity index (χ0v) is 14.6. The van der Waals surface area contributed by atoms with Crippen LogP contribution in [-0.2, 0) is 31.4 Å². The third kappa shape index (κ3) is 3.15. The zero-order chi connectivity index (χ0) is 15.3. The highest BCUT2D eigenvalue weighted by Gasteiger charge is 2.25. The number of benzene rings is 1. The summed E-state index contributed by atoms with van der Waals surface area (Å²) in [5, 5.41) is 0. The molecule has 0 aliphatic carbocycles. The van der Waals surface area contributed by atoms with Crippen molar-refractivity contribution in [3.8, 4) is 0 Å². The van der Waals surface area contributed by atoms with E-state index < -0.39 is 19.9 Å². The highest BCUT2D eigenvalue weighted by atomic mass is 79.9. The van der Waals surface area contributed by atoms with Gasteiger partial charge in [-0.05, 0) is 51.3 Å². The molecule has 21 heavy (non-hydrogen) atoms. The number of thiophene rings is 1. The lowest BCUT2D eigenvalue weighted by Gasteiger charge is -2.07. The summed E-state index contributed by atoms with van der Waals surface area (Å²) in [6.45, 7) is 0. The van der Waals surface area contributed by atoms with Crippen molar-refractivity contribution in [3.05, 3.63) is 45.2 Å². The Balaban J connectivity index is 1.90. The van der Waals surface area contributed by atoms with Crippen LogP contribution in [0.15, 0.2) is 38.3 Å². The van der Waals surface area contributed by atoms with Crippen molar-refractivity contribution >= 4 is 52.8 Å². The second kappa shape index (κ2) is 5.08. The molecular formula is C12H10BrNO4S3. The Morgan fingerprint density at radius 2 is 1.81 bits per heavy atom. The highest BCUT2D eigenvalue weighted by molar-refractivity contribution is 9.11. The molecule has 0 amide bonds. The number of nitrogens with one attached hydrogen (secondary N) is 1. The largest absolute Gasteiger partial charge is 0.279 e. The fourth-order valence-electron chi connectivity index (χ4n) is 2.14. The van der Waals surface area contributed by atoms with Gasteiger partial charge in [-0.25, -0.2) is 16.8 Å². The smallest absolute Gasteiger partial charge is 0.271 e. The Labute approximate surface area is 135 Å². The summed E-state index contributed by atoms with van der Waals surface area (Å²) in [4.78, 5) is 0. The standard InChI is InChI=1S/C12H10BrNO4S3/c13-11-3-4-12(19-11)21(17,18)14-10-2-1-8-6-20(15,16)7-9(8)5-10/h1-5,14H,6-7H2. The molecule has 1 aromatic carbocycles. The van der Waals surface area contributed by atoms with Crippen molar-refractivity contribution in [3.63, 3.8) is 0 Å². The van der Waals surface area contributed by atoms with Crippen molar-refractivity contribution < 1.29 is 16.8 Å². The summed E-state index contributed by atoms with van der Waals surface area (Å²) in [6.07, 6.45) is 0. The molecule has 0 saturated heterocycles. The Morgan fingerprint density at radius 1 is 1.10 bits per heavy atom. The number of sulfonamides is 1. The van der Waals surface area contributed by atoms with Crippen LogP contribution in [0.5, 0.6) is 0 Å². The van der Waals surface area contributed by atoms with Crippen molar-refractivity contribution in [2.24, 2.45) is 0 Å². The first-order valence-electron chi connectivity index (χ1n) is 5.86. The molecule has 0 bridgehead atoms. The molecule has 3 rings (SSSR count). The van der Waals surface area contributed by atoms with Gasteiger partial charge in [-0.2, -0.15) is 0 Å². The summed E-state index contributed by atoms with van der Waals surface area (Å²) >= 11 is 4.33. The molecule has 112 valence electrons. The first kappa shape index (κ1) is 15.0. The third-order valence-corrected chi connectivity index (χ3v) is 8.02. The molecule has 2 aromatic rings. The van der Waals surface area contributed by atoms with E-state index in [-0.39, 0.29) is 15.7 Å². The average molecular weight is 408 g/mol. The fourth-order valence-corrected chi connectivity index (χ4v) is 6.80. The molecule has 0 radical (unpaired) electrons. The fraction of sp³-hybridized carbons (Fsp3) is 0.167. The Morgan fingerprint density at radius 3 is 2.48 bits per heavy atom. The van der Waals surface area contributed by atoms with E-state index in [9.17, 15) is 16.8 Å². The van der Waals surface area contributed by atoms with E-state index in [2.05, 4.69) is 20.7 Å². The van der Waals surface area contributed by atoms with Gasteiger partial charge < -0.3 is 0 Å². The van der Waals surface area contributed by atoms with Crippen LogP contribution < -0.4 is 4.72 Å². The van der Waals surface area contributed by atoms with Gasteiger partial charge in [0.2, 0.25) is 0 Å². The van der Waals surface area contributed by atoms with Gasteiger partial charge in [-0.15, -0.1) is 11.3 Å². The first-order chi connectivity index (χ1) is 9.75. The first-order valence-corrected chi connectivity index (χ1v) is 10.8. The summed E-state index contributed by atoms with van der Waals surface area (Å²) in [5.74, 6) is -0.0182. The van der Waals surface area contributed by atoms with E-state index in [1.54, 1.807) is 24.3 Å². The maximum atomic E-state index is 12.2. The lowest BCUT2D eigenvalue weighted by molar-refractivity contribution is 0.597. The molecule has 0 saturated carbocycles. The number of fused-ring (bicyclic) bond motifs is 1. The summed E-state index contributed by atoms with van der Waals surface area (Å²) < 4.78 is 50.9. The quantitative estimate of drug-likeness (QED) is 0.847. The topological polar surface area (TPSA) is 80.3 Å². The van der Waals surface area contributed by atoms with Crippen LogP contribution >= 0.6 is 27.3 Å². The van der Waals surface area contributed by atoms with Crippen LogP contribution in [0, 0.1) is 0 Å². The van der Waals surface area contributed by atoms with Gasteiger partial charge in [0.1, 0.15) is 4.21 Å². The number of hydrogen-bond donors (Lipinski definition) is 1.